The number of aryl methyl sites for hydroxylation is 1. The summed E-state index contributed by atoms with van der Waals surface area (Å²) in [5.41, 5.74) is 2.59. The van der Waals surface area contributed by atoms with Gasteiger partial charge < -0.3 is 24.3 Å². The first-order valence-electron chi connectivity index (χ1n) is 10.6. The van der Waals surface area contributed by atoms with Gasteiger partial charge in [-0.1, -0.05) is 6.07 Å². The lowest BCUT2D eigenvalue weighted by molar-refractivity contribution is 0.346. The zero-order valence-corrected chi connectivity index (χ0v) is 18.2. The fourth-order valence-corrected chi connectivity index (χ4v) is 3.71. The van der Waals surface area contributed by atoms with Crippen molar-refractivity contribution in [1.29, 1.82) is 0 Å². The summed E-state index contributed by atoms with van der Waals surface area (Å²) < 4.78 is 12.7. The van der Waals surface area contributed by atoms with Crippen molar-refractivity contribution in [2.75, 3.05) is 33.9 Å². The maximum atomic E-state index is 11.8. The first kappa shape index (κ1) is 21.7. The second kappa shape index (κ2) is 10.7. The number of rotatable bonds is 8. The van der Waals surface area contributed by atoms with Gasteiger partial charge in [-0.05, 0) is 55.5 Å². The Labute approximate surface area is 178 Å². The van der Waals surface area contributed by atoms with Crippen LogP contribution in [0.1, 0.15) is 30.9 Å². The number of ether oxygens (including phenoxy) is 2. The molecule has 0 unspecified atom stereocenters. The number of hydrogen-bond donors (Lipinski definition) is 1. The number of pyridine rings is 1. The lowest BCUT2D eigenvalue weighted by Gasteiger charge is -2.32. The van der Waals surface area contributed by atoms with Crippen LogP contribution in [0.4, 0.5) is 0 Å². The molecule has 1 aliphatic heterocycles. The minimum absolute atomic E-state index is 0.0494. The van der Waals surface area contributed by atoms with Crippen LogP contribution in [0.2, 0.25) is 0 Å². The predicted octanol–water partition coefficient (Wildman–Crippen LogP) is 2.67. The van der Waals surface area contributed by atoms with Gasteiger partial charge >= 0.3 is 0 Å². The van der Waals surface area contributed by atoms with Gasteiger partial charge in [0, 0.05) is 45.0 Å². The van der Waals surface area contributed by atoms with Gasteiger partial charge in [-0.3, -0.25) is 9.79 Å². The van der Waals surface area contributed by atoms with Crippen molar-refractivity contribution in [3.63, 3.8) is 0 Å². The summed E-state index contributed by atoms with van der Waals surface area (Å²) in [5, 5.41) is 3.42. The van der Waals surface area contributed by atoms with Crippen molar-refractivity contribution in [1.82, 2.24) is 14.8 Å². The van der Waals surface area contributed by atoms with Crippen LogP contribution in [0.3, 0.4) is 0 Å². The molecule has 3 rings (SSSR count). The SMILES string of the molecule is CCNC(=NCCCCn1ccccc1=O)N1CCc2cc(OC)c(OC)cc2C1. The molecular weight excluding hydrogens is 380 g/mol. The number of aromatic nitrogens is 1. The molecule has 0 amide bonds. The third-order valence-corrected chi connectivity index (χ3v) is 5.32. The maximum absolute atomic E-state index is 11.8. The van der Waals surface area contributed by atoms with E-state index >= 15 is 0 Å². The molecular formula is C23H32N4O3. The summed E-state index contributed by atoms with van der Waals surface area (Å²) in [5.74, 6) is 2.48. The monoisotopic (exact) mass is 412 g/mol. The minimum Gasteiger partial charge on any atom is -0.493 e. The molecule has 1 aliphatic rings. The summed E-state index contributed by atoms with van der Waals surface area (Å²) in [6.45, 7) is 6.08. The fraction of sp³-hybridized carbons (Fsp3) is 0.478. The Kier molecular flexibility index (Phi) is 7.76. The zero-order valence-electron chi connectivity index (χ0n) is 18.2. The maximum Gasteiger partial charge on any atom is 0.250 e. The van der Waals surface area contributed by atoms with Crippen molar-refractivity contribution in [3.05, 3.63) is 58.0 Å². The van der Waals surface area contributed by atoms with E-state index in [1.54, 1.807) is 30.9 Å². The van der Waals surface area contributed by atoms with Crippen LogP contribution < -0.4 is 20.3 Å². The molecule has 7 heteroatoms. The Balaban J connectivity index is 1.60. The average Bonchev–Trinajstić information content (AvgIpc) is 2.77. The van der Waals surface area contributed by atoms with Crippen molar-refractivity contribution in [2.24, 2.45) is 4.99 Å². The number of nitrogens with one attached hydrogen (secondary N) is 1. The molecule has 2 aromatic rings. The van der Waals surface area contributed by atoms with Gasteiger partial charge in [0.1, 0.15) is 0 Å². The van der Waals surface area contributed by atoms with Crippen LogP contribution in [0.25, 0.3) is 0 Å². The predicted molar refractivity (Wildman–Crippen MR) is 120 cm³/mol. The Morgan fingerprint density at radius 2 is 1.90 bits per heavy atom. The topological polar surface area (TPSA) is 68.1 Å². The Hall–Kier alpha value is -2.96. The Morgan fingerprint density at radius 3 is 2.60 bits per heavy atom. The molecule has 0 saturated heterocycles. The lowest BCUT2D eigenvalue weighted by atomic mass is 9.99. The fourth-order valence-electron chi connectivity index (χ4n) is 3.71. The van der Waals surface area contributed by atoms with E-state index in [1.807, 2.05) is 12.3 Å². The average molecular weight is 413 g/mol. The lowest BCUT2D eigenvalue weighted by Crippen LogP contribution is -2.44. The smallest absolute Gasteiger partial charge is 0.250 e. The van der Waals surface area contributed by atoms with Crippen molar-refractivity contribution < 1.29 is 9.47 Å². The molecule has 0 saturated carbocycles. The molecule has 0 atom stereocenters. The largest absolute Gasteiger partial charge is 0.493 e. The molecule has 2 heterocycles. The van der Waals surface area contributed by atoms with Crippen LogP contribution in [-0.4, -0.2) is 49.3 Å². The van der Waals surface area contributed by atoms with Crippen LogP contribution in [0.15, 0.2) is 46.3 Å². The molecule has 1 aromatic heterocycles. The normalized spacial score (nSPS) is 13.7. The summed E-state index contributed by atoms with van der Waals surface area (Å²) in [7, 11) is 3.34. The Bertz CT molecular complexity index is 923. The molecule has 0 fully saturated rings. The van der Waals surface area contributed by atoms with E-state index in [9.17, 15) is 4.79 Å². The quantitative estimate of drug-likeness (QED) is 0.410. The van der Waals surface area contributed by atoms with E-state index in [0.717, 1.165) is 69.4 Å². The van der Waals surface area contributed by atoms with E-state index in [1.165, 1.54) is 11.1 Å². The standard InChI is InChI=1S/C23H32N4O3/c1-4-24-23(25-11-6-8-13-26-12-7-5-9-22(26)28)27-14-10-18-15-20(29-2)21(30-3)16-19(18)17-27/h5,7,9,12,15-16H,4,6,8,10-11,13-14,17H2,1-3H3,(H,24,25). The summed E-state index contributed by atoms with van der Waals surface area (Å²) >= 11 is 0. The molecule has 1 N–H and O–H groups in total. The number of hydrogen-bond acceptors (Lipinski definition) is 4. The summed E-state index contributed by atoms with van der Waals surface area (Å²) in [4.78, 5) is 18.9. The van der Waals surface area contributed by atoms with Gasteiger partial charge in [-0.2, -0.15) is 0 Å². The number of aliphatic imine (C=N–C) groups is 1. The number of methoxy groups -OCH3 is 2. The van der Waals surface area contributed by atoms with Gasteiger partial charge in [0.2, 0.25) is 5.56 Å². The number of unbranched alkanes of at least 4 members (excludes halogenated alkanes) is 1. The van der Waals surface area contributed by atoms with E-state index in [0.29, 0.717) is 0 Å². The molecule has 0 radical (unpaired) electrons. The van der Waals surface area contributed by atoms with Gasteiger partial charge in [0.15, 0.2) is 17.5 Å². The molecule has 0 spiro atoms. The minimum atomic E-state index is 0.0494. The van der Waals surface area contributed by atoms with E-state index in [-0.39, 0.29) is 5.56 Å². The summed E-state index contributed by atoms with van der Waals surface area (Å²) in [6, 6.07) is 9.42. The van der Waals surface area contributed by atoms with Crippen LogP contribution in [-0.2, 0) is 19.5 Å². The van der Waals surface area contributed by atoms with Crippen LogP contribution in [0.5, 0.6) is 11.5 Å². The van der Waals surface area contributed by atoms with Gasteiger partial charge in [0.05, 0.1) is 14.2 Å². The number of fused-ring (bicyclic) bond motifs is 1. The number of guanidine groups is 1. The molecule has 162 valence electrons. The molecule has 7 nitrogen and oxygen atoms in total. The number of nitrogens with zero attached hydrogens (tertiary/aromatic N) is 3. The molecule has 30 heavy (non-hydrogen) atoms. The highest BCUT2D eigenvalue weighted by atomic mass is 16.5. The second-order valence-corrected chi connectivity index (χ2v) is 7.32. The van der Waals surface area contributed by atoms with Crippen molar-refractivity contribution in [2.45, 2.75) is 39.3 Å². The van der Waals surface area contributed by atoms with E-state index < -0.39 is 0 Å². The van der Waals surface area contributed by atoms with E-state index in [2.05, 4.69) is 29.3 Å². The molecule has 1 aromatic carbocycles. The highest BCUT2D eigenvalue weighted by Crippen LogP contribution is 2.33. The Morgan fingerprint density at radius 1 is 1.13 bits per heavy atom. The third-order valence-electron chi connectivity index (χ3n) is 5.32. The van der Waals surface area contributed by atoms with Gasteiger partial charge in [-0.15, -0.1) is 0 Å². The van der Waals surface area contributed by atoms with E-state index in [4.69, 9.17) is 14.5 Å². The van der Waals surface area contributed by atoms with Crippen LogP contribution >= 0.6 is 0 Å². The summed E-state index contributed by atoms with van der Waals surface area (Å²) in [6.07, 6.45) is 4.64. The molecule has 0 bridgehead atoms. The highest BCUT2D eigenvalue weighted by molar-refractivity contribution is 5.80. The number of benzene rings is 1. The zero-order chi connectivity index (χ0) is 21.3. The van der Waals surface area contributed by atoms with Gasteiger partial charge in [-0.25, -0.2) is 0 Å². The molecule has 0 aliphatic carbocycles. The first-order chi connectivity index (χ1) is 14.7. The highest BCUT2D eigenvalue weighted by Gasteiger charge is 2.21. The van der Waals surface area contributed by atoms with Crippen LogP contribution in [0, 0.1) is 0 Å². The third kappa shape index (κ3) is 5.34. The second-order valence-electron chi connectivity index (χ2n) is 7.32. The van der Waals surface area contributed by atoms with Crippen molar-refractivity contribution in [3.8, 4) is 11.5 Å². The van der Waals surface area contributed by atoms with Gasteiger partial charge in [0.25, 0.3) is 0 Å². The first-order valence-corrected chi connectivity index (χ1v) is 10.6. The van der Waals surface area contributed by atoms with Crippen molar-refractivity contribution >= 4 is 5.96 Å².